The molecule has 2 amide bonds. The Bertz CT molecular complexity index is 2010. The van der Waals surface area contributed by atoms with Crippen LogP contribution >= 0.6 is 22.9 Å². The van der Waals surface area contributed by atoms with E-state index in [0.29, 0.717) is 40.9 Å². The summed E-state index contributed by atoms with van der Waals surface area (Å²) in [6.45, 7) is 2.44. The Labute approximate surface area is 237 Å². The van der Waals surface area contributed by atoms with Crippen LogP contribution in [0.1, 0.15) is 38.0 Å². The number of carbonyl (C=O) groups is 2. The van der Waals surface area contributed by atoms with Crippen molar-refractivity contribution in [2.75, 3.05) is 28.4 Å². The molecule has 0 radical (unpaired) electrons. The molecule has 40 heavy (non-hydrogen) atoms. The van der Waals surface area contributed by atoms with Gasteiger partial charge >= 0.3 is 0 Å². The van der Waals surface area contributed by atoms with Gasteiger partial charge in [-0.25, -0.2) is 0 Å². The van der Waals surface area contributed by atoms with Gasteiger partial charge in [0.15, 0.2) is 0 Å². The second kappa shape index (κ2) is 9.04. The zero-order valence-electron chi connectivity index (χ0n) is 21.3. The second-order valence-electron chi connectivity index (χ2n) is 10.2. The second-order valence-corrected chi connectivity index (χ2v) is 11.4. The number of fused-ring (bicyclic) bond motifs is 5. The van der Waals surface area contributed by atoms with Crippen LogP contribution in [0.25, 0.3) is 31.9 Å². The molecule has 6 N–H and O–H groups in total. The number of rotatable bonds is 4. The van der Waals surface area contributed by atoms with E-state index in [-0.39, 0.29) is 23.5 Å². The number of phenolic OH excluding ortho intramolecular Hbond substituents is 1. The first-order valence-electron chi connectivity index (χ1n) is 12.7. The predicted octanol–water partition coefficient (Wildman–Crippen LogP) is 6.70. The van der Waals surface area contributed by atoms with Gasteiger partial charge in [-0.15, -0.1) is 22.9 Å². The zero-order chi connectivity index (χ0) is 27.7. The van der Waals surface area contributed by atoms with Crippen LogP contribution in [-0.2, 0) is 0 Å². The van der Waals surface area contributed by atoms with Crippen molar-refractivity contribution in [3.63, 3.8) is 0 Å². The molecule has 6 aromatic rings. The summed E-state index contributed by atoms with van der Waals surface area (Å²) in [6.07, 6.45) is 0. The van der Waals surface area contributed by atoms with Crippen molar-refractivity contribution in [1.29, 1.82) is 0 Å². The maximum absolute atomic E-state index is 13.8. The fraction of sp³-hybridized carbons (Fsp3) is 0.133. The van der Waals surface area contributed by atoms with Crippen molar-refractivity contribution >= 4 is 83.7 Å². The predicted molar refractivity (Wildman–Crippen MR) is 162 cm³/mol. The van der Waals surface area contributed by atoms with Crippen LogP contribution in [0.5, 0.6) is 5.75 Å². The molecule has 1 unspecified atom stereocenters. The number of H-pyrrole nitrogens is 2. The average Bonchev–Trinajstić information content (AvgIpc) is 3.71. The molecule has 8 nitrogen and oxygen atoms in total. The lowest BCUT2D eigenvalue weighted by Crippen LogP contribution is -2.30. The van der Waals surface area contributed by atoms with E-state index < -0.39 is 0 Å². The van der Waals surface area contributed by atoms with Gasteiger partial charge in [-0.1, -0.05) is 0 Å². The number of aryl methyl sites for hydroxylation is 1. The average molecular weight is 570 g/mol. The molecule has 10 heteroatoms. The Morgan fingerprint density at radius 3 is 2.60 bits per heavy atom. The van der Waals surface area contributed by atoms with E-state index in [9.17, 15) is 14.7 Å². The normalized spacial score (nSPS) is 14.8. The summed E-state index contributed by atoms with van der Waals surface area (Å²) in [5.41, 5.74) is 12.3. The van der Waals surface area contributed by atoms with Gasteiger partial charge < -0.3 is 31.0 Å². The van der Waals surface area contributed by atoms with Gasteiger partial charge in [0.1, 0.15) is 17.1 Å². The fourth-order valence-corrected chi connectivity index (χ4v) is 6.91. The van der Waals surface area contributed by atoms with E-state index in [1.807, 2.05) is 36.6 Å². The first-order valence-corrected chi connectivity index (χ1v) is 14.2. The number of anilines is 3. The number of amides is 2. The summed E-state index contributed by atoms with van der Waals surface area (Å²) in [5, 5.41) is 18.3. The van der Waals surface area contributed by atoms with Crippen molar-refractivity contribution in [2.45, 2.75) is 12.8 Å². The largest absolute Gasteiger partial charge is 0.506 e. The van der Waals surface area contributed by atoms with Crippen LogP contribution < -0.4 is 16.0 Å². The summed E-state index contributed by atoms with van der Waals surface area (Å²) in [7, 11) is 0. The number of hydrogen-bond donors (Lipinski definition) is 5. The number of nitrogens with two attached hydrogens (primary N) is 1. The summed E-state index contributed by atoms with van der Waals surface area (Å²) >= 11 is 7.86. The Balaban J connectivity index is 1.18. The topological polar surface area (TPSA) is 127 Å². The van der Waals surface area contributed by atoms with Crippen molar-refractivity contribution in [3.05, 3.63) is 82.5 Å². The lowest BCUT2D eigenvalue weighted by atomic mass is 9.97. The van der Waals surface area contributed by atoms with Crippen molar-refractivity contribution in [1.82, 2.24) is 9.97 Å². The minimum atomic E-state index is -0.281. The molecule has 0 saturated heterocycles. The van der Waals surface area contributed by atoms with E-state index >= 15 is 0 Å². The van der Waals surface area contributed by atoms with Crippen molar-refractivity contribution in [2.24, 2.45) is 0 Å². The number of nitrogens with zero attached hydrogens (tertiary/aromatic N) is 1. The van der Waals surface area contributed by atoms with Crippen LogP contribution in [0.3, 0.4) is 0 Å². The number of benzene rings is 3. The van der Waals surface area contributed by atoms with Gasteiger partial charge in [-0.2, -0.15) is 0 Å². The molecule has 1 atom stereocenters. The molecule has 0 fully saturated rings. The molecule has 0 bridgehead atoms. The Morgan fingerprint density at radius 2 is 1.80 bits per heavy atom. The van der Waals surface area contributed by atoms with E-state index in [2.05, 4.69) is 15.3 Å². The Kier molecular flexibility index (Phi) is 5.55. The number of nitrogen functional groups attached to an aromatic ring is 1. The van der Waals surface area contributed by atoms with E-state index in [0.717, 1.165) is 43.0 Å². The van der Waals surface area contributed by atoms with Gasteiger partial charge in [0.05, 0.1) is 10.4 Å². The third kappa shape index (κ3) is 3.81. The van der Waals surface area contributed by atoms with Crippen molar-refractivity contribution in [3.8, 4) is 5.75 Å². The minimum Gasteiger partial charge on any atom is -0.506 e. The number of halogens is 1. The van der Waals surface area contributed by atoms with Gasteiger partial charge in [0.25, 0.3) is 11.8 Å². The zero-order valence-corrected chi connectivity index (χ0v) is 22.9. The highest BCUT2D eigenvalue weighted by molar-refractivity contribution is 7.17. The molecule has 0 aliphatic carbocycles. The monoisotopic (exact) mass is 569 g/mol. The lowest BCUT2D eigenvalue weighted by molar-refractivity contribution is 0.0983. The van der Waals surface area contributed by atoms with Gasteiger partial charge in [0.2, 0.25) is 0 Å². The standard InChI is InChI=1S/C30H24ClN5O3S/c1-14-13-40-28-25(37)10-24-27(26(14)28)17(11-31)12-36(24)30(39)23-9-16-7-19(3-5-21(16)35-23)33-29(38)22-8-15-6-18(32)2-4-20(15)34-22/h2-10,13,17,34-35,37H,11-12,32H2,1H3,(H,33,38). The van der Waals surface area contributed by atoms with Crippen LogP contribution in [-0.4, -0.2) is 39.3 Å². The third-order valence-electron chi connectivity index (χ3n) is 7.56. The quantitative estimate of drug-likeness (QED) is 0.120. The molecular formula is C30H24ClN5O3S. The van der Waals surface area contributed by atoms with E-state index in [1.165, 1.54) is 11.3 Å². The molecule has 0 saturated carbocycles. The van der Waals surface area contributed by atoms with Crippen LogP contribution in [0, 0.1) is 6.92 Å². The maximum atomic E-state index is 13.8. The number of alkyl halides is 1. The Hall–Kier alpha value is -4.47. The first kappa shape index (κ1) is 24.6. The van der Waals surface area contributed by atoms with Gasteiger partial charge in [0, 0.05) is 63.0 Å². The lowest BCUT2D eigenvalue weighted by Gasteiger charge is -2.17. The van der Waals surface area contributed by atoms with E-state index in [4.69, 9.17) is 17.3 Å². The number of aromatic nitrogens is 2. The molecule has 200 valence electrons. The van der Waals surface area contributed by atoms with E-state index in [1.54, 1.807) is 35.2 Å². The van der Waals surface area contributed by atoms with Crippen LogP contribution in [0.4, 0.5) is 17.1 Å². The maximum Gasteiger partial charge on any atom is 0.274 e. The number of aromatic amines is 2. The molecule has 4 heterocycles. The highest BCUT2D eigenvalue weighted by Gasteiger charge is 2.36. The Morgan fingerprint density at radius 1 is 1.07 bits per heavy atom. The molecule has 1 aliphatic rings. The highest BCUT2D eigenvalue weighted by Crippen LogP contribution is 2.48. The number of thiophene rings is 1. The molecule has 3 aromatic carbocycles. The fourth-order valence-electron chi connectivity index (χ4n) is 5.68. The van der Waals surface area contributed by atoms with Crippen molar-refractivity contribution < 1.29 is 14.7 Å². The number of hydrogen-bond acceptors (Lipinski definition) is 5. The SMILES string of the molecule is Cc1csc2c(O)cc3c(c12)C(CCl)CN3C(=O)c1cc2cc(NC(=O)c3cc4cc(N)ccc4[nH]3)ccc2[nH]1. The third-order valence-corrected chi connectivity index (χ3v) is 9.05. The smallest absolute Gasteiger partial charge is 0.274 e. The summed E-state index contributed by atoms with van der Waals surface area (Å²) in [4.78, 5) is 34.7. The summed E-state index contributed by atoms with van der Waals surface area (Å²) in [5.74, 6) is 0.00157. The van der Waals surface area contributed by atoms with Crippen LogP contribution in [0.15, 0.2) is 60.0 Å². The minimum absolute atomic E-state index is 0.0377. The highest BCUT2D eigenvalue weighted by atomic mass is 35.5. The summed E-state index contributed by atoms with van der Waals surface area (Å²) < 4.78 is 0.817. The number of phenols is 1. The van der Waals surface area contributed by atoms with Gasteiger partial charge in [-0.05, 0) is 72.0 Å². The molecule has 0 spiro atoms. The molecule has 7 rings (SSSR count). The summed E-state index contributed by atoms with van der Waals surface area (Å²) in [6, 6.07) is 16.1. The molecule has 3 aromatic heterocycles. The molecular weight excluding hydrogens is 546 g/mol. The number of nitrogens with one attached hydrogen (secondary N) is 3. The van der Waals surface area contributed by atoms with Crippen LogP contribution in [0.2, 0.25) is 0 Å². The van der Waals surface area contributed by atoms with Gasteiger partial charge in [-0.3, -0.25) is 9.59 Å². The molecule has 1 aliphatic heterocycles. The number of carbonyl (C=O) groups excluding carboxylic acids is 2. The first-order chi connectivity index (χ1) is 19.3. The number of aromatic hydroxyl groups is 1.